The summed E-state index contributed by atoms with van der Waals surface area (Å²) in [6.07, 6.45) is 0. The minimum Gasteiger partial charge on any atom is -0.493 e. The van der Waals surface area contributed by atoms with Crippen molar-refractivity contribution >= 4 is 46.1 Å². The molecule has 0 bridgehead atoms. The summed E-state index contributed by atoms with van der Waals surface area (Å²) < 4.78 is 16.1. The van der Waals surface area contributed by atoms with Gasteiger partial charge in [-0.1, -0.05) is 23.4 Å². The number of aromatic nitrogens is 1. The van der Waals surface area contributed by atoms with Crippen molar-refractivity contribution in [1.29, 1.82) is 0 Å². The number of rotatable bonds is 6. The number of oxazole rings is 1. The van der Waals surface area contributed by atoms with Gasteiger partial charge in [0.2, 0.25) is 5.91 Å². The molecule has 1 aromatic heterocycles. The Hall–Kier alpha value is -2.38. The number of hydrogen-bond donors (Lipinski definition) is 1. The second-order valence-electron chi connectivity index (χ2n) is 5.41. The van der Waals surface area contributed by atoms with E-state index in [-0.39, 0.29) is 5.91 Å². The van der Waals surface area contributed by atoms with E-state index in [1.807, 2.05) is 0 Å². The van der Waals surface area contributed by atoms with Crippen LogP contribution in [0.2, 0.25) is 5.02 Å². The minimum absolute atomic E-state index is 0.178. The van der Waals surface area contributed by atoms with Crippen LogP contribution in [-0.4, -0.2) is 30.4 Å². The van der Waals surface area contributed by atoms with Gasteiger partial charge in [-0.05, 0) is 31.2 Å². The maximum absolute atomic E-state index is 12.4. The SMILES string of the molecule is COc1ccc(NC(=O)[C@H](C)Sc2nc3ccc(Cl)cc3o2)cc1OC. The summed E-state index contributed by atoms with van der Waals surface area (Å²) in [7, 11) is 3.10. The largest absolute Gasteiger partial charge is 0.493 e. The third kappa shape index (κ3) is 4.05. The number of hydrogen-bond acceptors (Lipinski definition) is 6. The summed E-state index contributed by atoms with van der Waals surface area (Å²) >= 11 is 7.17. The zero-order valence-corrected chi connectivity index (χ0v) is 16.0. The normalized spacial score (nSPS) is 12.0. The standard InChI is InChI=1S/C18H17ClN2O4S/c1-10(26-18-21-13-6-4-11(19)8-15(13)25-18)17(22)20-12-5-7-14(23-2)16(9-12)24-3/h4-10H,1-3H3,(H,20,22)/t10-/m0/s1. The number of fused-ring (bicyclic) bond motifs is 1. The smallest absolute Gasteiger partial charge is 0.257 e. The Bertz CT molecular complexity index is 944. The molecule has 0 aliphatic heterocycles. The average Bonchev–Trinajstić information content (AvgIpc) is 3.02. The first-order valence-corrected chi connectivity index (χ1v) is 9.01. The fourth-order valence-corrected chi connectivity index (χ4v) is 3.21. The van der Waals surface area contributed by atoms with Crippen molar-refractivity contribution in [3.63, 3.8) is 0 Å². The Balaban J connectivity index is 1.69. The van der Waals surface area contributed by atoms with Gasteiger partial charge in [0.05, 0.1) is 19.5 Å². The molecular formula is C18H17ClN2O4S. The molecular weight excluding hydrogens is 376 g/mol. The number of nitrogens with one attached hydrogen (secondary N) is 1. The van der Waals surface area contributed by atoms with E-state index in [1.165, 1.54) is 11.8 Å². The molecule has 1 amide bonds. The van der Waals surface area contributed by atoms with Crippen LogP contribution in [0.1, 0.15) is 6.92 Å². The zero-order valence-electron chi connectivity index (χ0n) is 14.4. The Labute approximate surface area is 159 Å². The summed E-state index contributed by atoms with van der Waals surface area (Å²) in [5, 5.41) is 3.42. The van der Waals surface area contributed by atoms with Crippen LogP contribution in [-0.2, 0) is 4.79 Å². The summed E-state index contributed by atoms with van der Waals surface area (Å²) in [5.41, 5.74) is 1.90. The first-order chi connectivity index (χ1) is 12.5. The van der Waals surface area contributed by atoms with Gasteiger partial charge in [-0.2, -0.15) is 0 Å². The molecule has 0 spiro atoms. The van der Waals surface area contributed by atoms with Crippen LogP contribution >= 0.6 is 23.4 Å². The number of halogens is 1. The summed E-state index contributed by atoms with van der Waals surface area (Å²) in [4.78, 5) is 16.8. The molecule has 3 aromatic rings. The summed E-state index contributed by atoms with van der Waals surface area (Å²) in [6, 6.07) is 10.4. The number of benzene rings is 2. The van der Waals surface area contributed by atoms with Gasteiger partial charge in [-0.25, -0.2) is 4.98 Å². The molecule has 2 aromatic carbocycles. The number of nitrogens with zero attached hydrogens (tertiary/aromatic N) is 1. The molecule has 1 N–H and O–H groups in total. The quantitative estimate of drug-likeness (QED) is 0.617. The van der Waals surface area contributed by atoms with Crippen molar-refractivity contribution in [1.82, 2.24) is 4.98 Å². The van der Waals surface area contributed by atoms with Gasteiger partial charge < -0.3 is 19.2 Å². The summed E-state index contributed by atoms with van der Waals surface area (Å²) in [6.45, 7) is 1.78. The van der Waals surface area contributed by atoms with Gasteiger partial charge in [0.15, 0.2) is 17.1 Å². The molecule has 0 fully saturated rings. The van der Waals surface area contributed by atoms with Crippen LogP contribution in [0.25, 0.3) is 11.1 Å². The number of methoxy groups -OCH3 is 2. The molecule has 3 rings (SSSR count). The second kappa shape index (κ2) is 7.88. The van der Waals surface area contributed by atoms with Crippen molar-refractivity contribution in [3.8, 4) is 11.5 Å². The first kappa shape index (κ1) is 18.4. The molecule has 0 unspecified atom stereocenters. The number of amides is 1. The Morgan fingerprint density at radius 1 is 1.19 bits per heavy atom. The van der Waals surface area contributed by atoms with E-state index in [1.54, 1.807) is 57.5 Å². The molecule has 1 atom stereocenters. The van der Waals surface area contributed by atoms with Gasteiger partial charge in [0.1, 0.15) is 5.52 Å². The van der Waals surface area contributed by atoms with E-state index in [2.05, 4.69) is 10.3 Å². The molecule has 0 radical (unpaired) electrons. The van der Waals surface area contributed by atoms with Crippen LogP contribution in [0.3, 0.4) is 0 Å². The fourth-order valence-electron chi connectivity index (χ4n) is 2.29. The Morgan fingerprint density at radius 2 is 1.96 bits per heavy atom. The molecule has 1 heterocycles. The van der Waals surface area contributed by atoms with E-state index < -0.39 is 5.25 Å². The number of anilines is 1. The van der Waals surface area contributed by atoms with Crippen molar-refractivity contribution < 1.29 is 18.7 Å². The molecule has 0 aliphatic rings. The van der Waals surface area contributed by atoms with Gasteiger partial charge in [0, 0.05) is 22.8 Å². The number of carbonyl (C=O) groups excluding carboxylic acids is 1. The molecule has 0 saturated carbocycles. The monoisotopic (exact) mass is 392 g/mol. The molecule has 0 saturated heterocycles. The van der Waals surface area contributed by atoms with Gasteiger partial charge in [-0.3, -0.25) is 4.79 Å². The number of thioether (sulfide) groups is 1. The van der Waals surface area contributed by atoms with E-state index >= 15 is 0 Å². The predicted octanol–water partition coefficient (Wildman–Crippen LogP) is 4.62. The van der Waals surface area contributed by atoms with Crippen LogP contribution in [0.5, 0.6) is 11.5 Å². The lowest BCUT2D eigenvalue weighted by molar-refractivity contribution is -0.115. The molecule has 6 nitrogen and oxygen atoms in total. The topological polar surface area (TPSA) is 73.6 Å². The maximum Gasteiger partial charge on any atom is 0.257 e. The van der Waals surface area contributed by atoms with Crippen molar-refractivity contribution in [2.45, 2.75) is 17.4 Å². The third-order valence-corrected chi connectivity index (χ3v) is 4.81. The Morgan fingerprint density at radius 3 is 2.69 bits per heavy atom. The summed E-state index contributed by atoms with van der Waals surface area (Å²) in [5.74, 6) is 0.960. The van der Waals surface area contributed by atoms with E-state index in [9.17, 15) is 4.79 Å². The first-order valence-electron chi connectivity index (χ1n) is 7.76. The van der Waals surface area contributed by atoms with E-state index in [4.69, 9.17) is 25.5 Å². The third-order valence-electron chi connectivity index (χ3n) is 3.63. The zero-order chi connectivity index (χ0) is 18.7. The highest BCUT2D eigenvalue weighted by Crippen LogP contribution is 2.31. The highest BCUT2D eigenvalue weighted by Gasteiger charge is 2.19. The highest BCUT2D eigenvalue weighted by atomic mass is 35.5. The maximum atomic E-state index is 12.4. The van der Waals surface area contributed by atoms with E-state index in [0.717, 1.165) is 0 Å². The Kier molecular flexibility index (Phi) is 5.58. The lowest BCUT2D eigenvalue weighted by atomic mass is 10.2. The molecule has 8 heteroatoms. The average molecular weight is 393 g/mol. The number of carbonyl (C=O) groups is 1. The van der Waals surface area contributed by atoms with E-state index in [0.29, 0.717) is 38.5 Å². The van der Waals surface area contributed by atoms with Crippen LogP contribution in [0, 0.1) is 0 Å². The minimum atomic E-state index is -0.411. The molecule has 136 valence electrons. The van der Waals surface area contributed by atoms with Gasteiger partial charge in [0.25, 0.3) is 5.22 Å². The predicted molar refractivity (Wildman–Crippen MR) is 103 cm³/mol. The lowest BCUT2D eigenvalue weighted by Gasteiger charge is -2.12. The van der Waals surface area contributed by atoms with Crippen LogP contribution in [0.4, 0.5) is 5.69 Å². The van der Waals surface area contributed by atoms with Crippen molar-refractivity contribution in [2.75, 3.05) is 19.5 Å². The second-order valence-corrected chi connectivity index (χ2v) is 7.14. The fraction of sp³-hybridized carbons (Fsp3) is 0.222. The number of ether oxygens (including phenoxy) is 2. The van der Waals surface area contributed by atoms with Gasteiger partial charge in [-0.15, -0.1) is 0 Å². The van der Waals surface area contributed by atoms with Crippen LogP contribution < -0.4 is 14.8 Å². The molecule has 0 aliphatic carbocycles. The lowest BCUT2D eigenvalue weighted by Crippen LogP contribution is -2.22. The highest BCUT2D eigenvalue weighted by molar-refractivity contribution is 8.00. The van der Waals surface area contributed by atoms with Gasteiger partial charge >= 0.3 is 0 Å². The van der Waals surface area contributed by atoms with Crippen molar-refractivity contribution in [3.05, 3.63) is 41.4 Å². The van der Waals surface area contributed by atoms with Crippen molar-refractivity contribution in [2.24, 2.45) is 0 Å². The van der Waals surface area contributed by atoms with Crippen LogP contribution in [0.15, 0.2) is 46.0 Å². The molecule has 26 heavy (non-hydrogen) atoms.